The molecule has 1 aromatic heterocycles. The van der Waals surface area contributed by atoms with Crippen molar-refractivity contribution in [1.29, 1.82) is 0 Å². The van der Waals surface area contributed by atoms with E-state index in [-0.39, 0.29) is 11.3 Å². The van der Waals surface area contributed by atoms with Crippen LogP contribution in [0.4, 0.5) is 0 Å². The minimum atomic E-state index is -0.250. The lowest BCUT2D eigenvalue weighted by atomic mass is 9.54. The molecule has 6 nitrogen and oxygen atoms in total. The predicted molar refractivity (Wildman–Crippen MR) is 117 cm³/mol. The summed E-state index contributed by atoms with van der Waals surface area (Å²) in [6.45, 7) is 4.20. The monoisotopic (exact) mass is 423 g/mol. The second kappa shape index (κ2) is 7.95. The molecule has 0 spiro atoms. The van der Waals surface area contributed by atoms with Gasteiger partial charge in [0.25, 0.3) is 0 Å². The maximum atomic E-state index is 12.9. The molecule has 4 saturated carbocycles. The summed E-state index contributed by atoms with van der Waals surface area (Å²) in [5, 5.41) is 7.55. The van der Waals surface area contributed by atoms with Crippen LogP contribution >= 0.6 is 0 Å². The van der Waals surface area contributed by atoms with Crippen LogP contribution in [0, 0.1) is 29.1 Å². The lowest BCUT2D eigenvalue weighted by Crippen LogP contribution is -2.56. The van der Waals surface area contributed by atoms with Crippen LogP contribution in [0.3, 0.4) is 0 Å². The second-order valence-corrected chi connectivity index (χ2v) is 10.8. The quantitative estimate of drug-likeness (QED) is 0.702. The average molecular weight is 424 g/mol. The first-order chi connectivity index (χ1) is 14.9. The molecule has 31 heavy (non-hydrogen) atoms. The third-order valence-electron chi connectivity index (χ3n) is 7.64. The molecule has 0 unspecified atom stereocenters. The van der Waals surface area contributed by atoms with Gasteiger partial charge in [-0.1, -0.05) is 19.0 Å². The van der Waals surface area contributed by atoms with E-state index >= 15 is 0 Å². The van der Waals surface area contributed by atoms with Gasteiger partial charge in [-0.15, -0.1) is 0 Å². The van der Waals surface area contributed by atoms with E-state index in [4.69, 9.17) is 9.26 Å². The van der Waals surface area contributed by atoms with Crippen molar-refractivity contribution in [2.75, 3.05) is 7.11 Å². The Bertz CT molecular complexity index is 906. The summed E-state index contributed by atoms with van der Waals surface area (Å²) in [6.07, 6.45) is 7.74. The molecule has 1 N–H and O–H groups in total. The van der Waals surface area contributed by atoms with Crippen LogP contribution in [0.5, 0.6) is 5.75 Å². The fourth-order valence-electron chi connectivity index (χ4n) is 6.49. The van der Waals surface area contributed by atoms with Crippen LogP contribution in [0.1, 0.15) is 58.3 Å². The first-order valence-electron chi connectivity index (χ1n) is 11.6. The number of hydrogen-bond donors (Lipinski definition) is 1. The van der Waals surface area contributed by atoms with E-state index in [1.165, 1.54) is 32.1 Å². The highest BCUT2D eigenvalue weighted by atomic mass is 16.5. The maximum Gasteiger partial charge on any atom is 0.227 e. The van der Waals surface area contributed by atoms with Crippen molar-refractivity contribution in [2.24, 2.45) is 29.1 Å². The number of aromatic nitrogens is 2. The van der Waals surface area contributed by atoms with Gasteiger partial charge in [0.05, 0.1) is 7.11 Å². The van der Waals surface area contributed by atoms with Gasteiger partial charge >= 0.3 is 0 Å². The number of rotatable bonds is 7. The first-order valence-corrected chi connectivity index (χ1v) is 11.6. The number of benzene rings is 1. The number of carbonyl (C=O) groups excluding carboxylic acids is 1. The Morgan fingerprint density at radius 3 is 2.35 bits per heavy atom. The van der Waals surface area contributed by atoms with E-state index in [1.54, 1.807) is 7.11 Å². The Hall–Kier alpha value is -2.37. The number of methoxy groups -OCH3 is 1. The molecule has 6 heteroatoms. The molecule has 4 aliphatic carbocycles. The number of nitrogens with one attached hydrogen (secondary N) is 1. The second-order valence-electron chi connectivity index (χ2n) is 10.8. The van der Waals surface area contributed by atoms with Gasteiger partial charge in [-0.3, -0.25) is 4.79 Å². The highest BCUT2D eigenvalue weighted by molar-refractivity contribution is 5.77. The van der Waals surface area contributed by atoms with Gasteiger partial charge in [0, 0.05) is 24.4 Å². The van der Waals surface area contributed by atoms with Crippen molar-refractivity contribution in [3.63, 3.8) is 0 Å². The van der Waals surface area contributed by atoms with Crippen LogP contribution < -0.4 is 10.1 Å². The van der Waals surface area contributed by atoms with Crippen LogP contribution in [-0.4, -0.2) is 29.2 Å². The number of amides is 1. The third kappa shape index (κ3) is 4.35. The molecular formula is C25H33N3O3. The van der Waals surface area contributed by atoms with Gasteiger partial charge < -0.3 is 14.6 Å². The van der Waals surface area contributed by atoms with E-state index in [2.05, 4.69) is 29.3 Å². The van der Waals surface area contributed by atoms with Crippen molar-refractivity contribution in [1.82, 2.24) is 15.5 Å². The molecule has 1 heterocycles. The van der Waals surface area contributed by atoms with Gasteiger partial charge in [-0.25, -0.2) is 0 Å². The van der Waals surface area contributed by atoms with Crippen molar-refractivity contribution < 1.29 is 14.1 Å². The normalized spacial score (nSPS) is 29.2. The summed E-state index contributed by atoms with van der Waals surface area (Å²) in [5.74, 6) is 5.33. The topological polar surface area (TPSA) is 77.2 Å². The van der Waals surface area contributed by atoms with Crippen LogP contribution in [0.15, 0.2) is 28.8 Å². The van der Waals surface area contributed by atoms with Gasteiger partial charge in [0.1, 0.15) is 5.75 Å². The average Bonchev–Trinajstić information content (AvgIpc) is 3.17. The molecule has 2 aromatic rings. The number of carbonyl (C=O) groups is 1. The van der Waals surface area contributed by atoms with Crippen molar-refractivity contribution in [2.45, 2.75) is 64.8 Å². The van der Waals surface area contributed by atoms with Crippen LogP contribution in [0.2, 0.25) is 0 Å². The molecule has 1 amide bonds. The van der Waals surface area contributed by atoms with E-state index < -0.39 is 0 Å². The largest absolute Gasteiger partial charge is 0.497 e. The van der Waals surface area contributed by atoms with E-state index in [9.17, 15) is 4.79 Å². The zero-order chi connectivity index (χ0) is 21.6. The predicted octanol–water partition coefficient (Wildman–Crippen LogP) is 4.64. The Labute approximate surface area is 184 Å². The summed E-state index contributed by atoms with van der Waals surface area (Å²) in [7, 11) is 1.64. The summed E-state index contributed by atoms with van der Waals surface area (Å²) < 4.78 is 10.7. The lowest BCUT2D eigenvalue weighted by Gasteiger charge is -2.54. The molecular weight excluding hydrogens is 390 g/mol. The molecule has 4 fully saturated rings. The van der Waals surface area contributed by atoms with E-state index in [0.29, 0.717) is 42.4 Å². The first kappa shape index (κ1) is 20.5. The minimum absolute atomic E-state index is 0.164. The molecule has 4 bridgehead atoms. The SMILES string of the molecule is COc1ccc(-c2noc(CC(C)(C)CC(=O)NC3C4CC5CC(C4)CC3C5)n2)cc1. The third-order valence-corrected chi connectivity index (χ3v) is 7.64. The fourth-order valence-corrected chi connectivity index (χ4v) is 6.49. The smallest absolute Gasteiger partial charge is 0.227 e. The zero-order valence-electron chi connectivity index (χ0n) is 18.8. The van der Waals surface area contributed by atoms with Gasteiger partial charge in [0.15, 0.2) is 0 Å². The molecule has 0 aliphatic heterocycles. The summed E-state index contributed by atoms with van der Waals surface area (Å²) in [5.41, 5.74) is 0.632. The zero-order valence-corrected chi connectivity index (χ0v) is 18.8. The highest BCUT2D eigenvalue weighted by Crippen LogP contribution is 2.53. The standard InChI is InChI=1S/C25H33N3O3/c1-25(2,14-22-27-24(28-31-22)17-4-6-20(30-3)7-5-17)13-21(29)26-23-18-9-15-8-16(11-18)12-19(23)10-15/h4-7,15-16,18-19,23H,8-14H2,1-3H3,(H,26,29). The Kier molecular flexibility index (Phi) is 5.27. The molecule has 166 valence electrons. The number of ether oxygens (including phenoxy) is 1. The molecule has 1 aromatic carbocycles. The van der Waals surface area contributed by atoms with Gasteiger partial charge in [-0.05, 0) is 85.5 Å². The molecule has 0 radical (unpaired) electrons. The van der Waals surface area contributed by atoms with Crippen molar-refractivity contribution >= 4 is 5.91 Å². The van der Waals surface area contributed by atoms with E-state index in [0.717, 1.165) is 23.1 Å². The Balaban J connectivity index is 1.18. The summed E-state index contributed by atoms with van der Waals surface area (Å²) in [6, 6.07) is 7.97. The molecule has 0 saturated heterocycles. The lowest BCUT2D eigenvalue weighted by molar-refractivity contribution is -0.127. The maximum absolute atomic E-state index is 12.9. The minimum Gasteiger partial charge on any atom is -0.497 e. The Morgan fingerprint density at radius 2 is 1.74 bits per heavy atom. The van der Waals surface area contributed by atoms with Crippen LogP contribution in [-0.2, 0) is 11.2 Å². The van der Waals surface area contributed by atoms with Gasteiger partial charge in [0.2, 0.25) is 17.6 Å². The fraction of sp³-hybridized carbons (Fsp3) is 0.640. The number of nitrogens with zero attached hydrogens (tertiary/aromatic N) is 2. The van der Waals surface area contributed by atoms with Gasteiger partial charge in [-0.2, -0.15) is 4.98 Å². The summed E-state index contributed by atoms with van der Waals surface area (Å²) in [4.78, 5) is 17.5. The van der Waals surface area contributed by atoms with Crippen molar-refractivity contribution in [3.05, 3.63) is 30.2 Å². The molecule has 0 atom stereocenters. The Morgan fingerprint density at radius 1 is 1.10 bits per heavy atom. The number of hydrogen-bond acceptors (Lipinski definition) is 5. The summed E-state index contributed by atoms with van der Waals surface area (Å²) >= 11 is 0. The molecule has 6 rings (SSSR count). The van der Waals surface area contributed by atoms with Crippen LogP contribution in [0.25, 0.3) is 11.4 Å². The highest BCUT2D eigenvalue weighted by Gasteiger charge is 2.48. The van der Waals surface area contributed by atoms with Crippen molar-refractivity contribution in [3.8, 4) is 17.1 Å². The van der Waals surface area contributed by atoms with E-state index in [1.807, 2.05) is 24.3 Å². The molecule has 4 aliphatic rings.